The molecule has 0 fully saturated rings. The summed E-state index contributed by atoms with van der Waals surface area (Å²) in [6.45, 7) is 1.49. The lowest BCUT2D eigenvalue weighted by Crippen LogP contribution is -2.04. The number of anilines is 1. The number of hydrogen-bond donors (Lipinski definition) is 1. The van der Waals surface area contributed by atoms with Crippen LogP contribution in [0.25, 0.3) is 0 Å². The summed E-state index contributed by atoms with van der Waals surface area (Å²) in [5.74, 6) is -0.0359. The van der Waals surface area contributed by atoms with Gasteiger partial charge in [0.05, 0.1) is 0 Å². The van der Waals surface area contributed by atoms with Gasteiger partial charge in [-0.25, -0.2) is 0 Å². The molecule has 10 heavy (non-hydrogen) atoms. The van der Waals surface area contributed by atoms with Crippen molar-refractivity contribution in [1.82, 2.24) is 0 Å². The number of para-hydroxylation sites is 1. The van der Waals surface area contributed by atoms with E-state index in [1.807, 2.05) is 30.3 Å². The van der Waals surface area contributed by atoms with E-state index in [-0.39, 0.29) is 5.91 Å². The summed E-state index contributed by atoms with van der Waals surface area (Å²) in [5.41, 5.74) is 0.843. The van der Waals surface area contributed by atoms with Gasteiger partial charge in [-0.3, -0.25) is 4.79 Å². The second kappa shape index (κ2) is 3.01. The molecule has 0 saturated heterocycles. The van der Waals surface area contributed by atoms with Crippen molar-refractivity contribution in [3.8, 4) is 0 Å². The predicted octanol–water partition coefficient (Wildman–Crippen LogP) is 1.64. The Hall–Kier alpha value is -1.31. The molecule has 0 spiro atoms. The van der Waals surface area contributed by atoms with Crippen molar-refractivity contribution in [3.63, 3.8) is 0 Å². The Morgan fingerprint density at radius 1 is 1.30 bits per heavy atom. The van der Waals surface area contributed by atoms with Crippen LogP contribution in [0.15, 0.2) is 30.3 Å². The Labute approximate surface area is 59.9 Å². The zero-order valence-corrected chi connectivity index (χ0v) is 5.79. The van der Waals surface area contributed by atoms with E-state index in [0.29, 0.717) is 0 Å². The van der Waals surface area contributed by atoms with Crippen LogP contribution in [0.4, 0.5) is 5.69 Å². The minimum absolute atomic E-state index is 0.0359. The number of rotatable bonds is 1. The van der Waals surface area contributed by atoms with Gasteiger partial charge in [0.15, 0.2) is 0 Å². The Morgan fingerprint density at radius 3 is 2.40 bits per heavy atom. The number of carbonyl (C=O) groups excluding carboxylic acids is 1. The third-order valence-corrected chi connectivity index (χ3v) is 1.09. The maximum atomic E-state index is 10.5. The molecule has 1 rings (SSSR count). The molecule has 1 amide bonds. The topological polar surface area (TPSA) is 29.1 Å². The van der Waals surface area contributed by atoms with Crippen LogP contribution in [-0.4, -0.2) is 5.91 Å². The number of amides is 1. The smallest absolute Gasteiger partial charge is 0.221 e. The summed E-state index contributed by atoms with van der Waals surface area (Å²) < 4.78 is 0. The summed E-state index contributed by atoms with van der Waals surface area (Å²) in [4.78, 5) is 10.5. The van der Waals surface area contributed by atoms with Crippen LogP contribution in [0.5, 0.6) is 0 Å². The minimum atomic E-state index is -0.0359. The molecule has 2 heteroatoms. The fourth-order valence-electron chi connectivity index (χ4n) is 0.725. The lowest BCUT2D eigenvalue weighted by atomic mass is 10.2. The van der Waals surface area contributed by atoms with Crippen LogP contribution < -0.4 is 5.32 Å². The lowest BCUT2D eigenvalue weighted by Gasteiger charge is -1.98. The van der Waals surface area contributed by atoms with Gasteiger partial charge in [-0.2, -0.15) is 0 Å². The van der Waals surface area contributed by atoms with Gasteiger partial charge >= 0.3 is 0 Å². The average Bonchev–Trinajstić information content (AvgIpc) is 1.88. The highest BCUT2D eigenvalue weighted by molar-refractivity contribution is 5.88. The second-order valence-corrected chi connectivity index (χ2v) is 2.05. The Bertz CT molecular complexity index is 218. The van der Waals surface area contributed by atoms with Crippen molar-refractivity contribution in [2.24, 2.45) is 0 Å². The number of hydrogen-bond acceptors (Lipinski definition) is 1. The molecule has 0 radical (unpaired) electrons. The molecule has 1 aromatic carbocycles. The molecule has 52 valence electrons. The molecule has 0 heterocycles. The number of benzene rings is 1. The van der Waals surface area contributed by atoms with Gasteiger partial charge in [-0.15, -0.1) is 0 Å². The normalized spacial score (nSPS) is 8.90. The van der Waals surface area contributed by atoms with Crippen molar-refractivity contribution in [1.29, 1.82) is 0 Å². The van der Waals surface area contributed by atoms with E-state index < -0.39 is 0 Å². The van der Waals surface area contributed by atoms with Gasteiger partial charge in [0.2, 0.25) is 5.91 Å². The fraction of sp³-hybridized carbons (Fsp3) is 0.125. The third kappa shape index (κ3) is 1.90. The first-order valence-corrected chi connectivity index (χ1v) is 3.11. The van der Waals surface area contributed by atoms with Crippen LogP contribution >= 0.6 is 0 Å². The molecule has 0 aromatic heterocycles. The van der Waals surface area contributed by atoms with Crippen molar-refractivity contribution in [3.05, 3.63) is 30.3 Å². The molecule has 1 aromatic rings. The highest BCUT2D eigenvalue weighted by Gasteiger charge is 1.90. The lowest BCUT2D eigenvalue weighted by molar-refractivity contribution is -0.114. The molecule has 0 unspecified atom stereocenters. The summed E-state index contributed by atoms with van der Waals surface area (Å²) in [7, 11) is 0. The van der Waals surface area contributed by atoms with Crippen LogP contribution in [0.3, 0.4) is 0 Å². The Kier molecular flexibility index (Phi) is 2.05. The maximum absolute atomic E-state index is 10.5. The van der Waals surface area contributed by atoms with E-state index in [0.717, 1.165) is 5.69 Å². The summed E-state index contributed by atoms with van der Waals surface area (Å²) in [5, 5.41) is 2.67. The first-order valence-electron chi connectivity index (χ1n) is 3.11. The molecule has 0 bridgehead atoms. The standard InChI is InChI=1S/C8H9NO/c1-7(10)9-8-5-3-2-4-6-8/h2-6H,1H3,(H,9,10)/i1-1. The third-order valence-electron chi connectivity index (χ3n) is 1.09. The molecule has 0 atom stereocenters. The van der Waals surface area contributed by atoms with Gasteiger partial charge in [0, 0.05) is 12.6 Å². The molecule has 0 aliphatic rings. The monoisotopic (exact) mass is 134 g/mol. The Morgan fingerprint density at radius 2 is 1.90 bits per heavy atom. The molecular formula is C8H9NO. The van der Waals surface area contributed by atoms with Crippen molar-refractivity contribution >= 4 is 11.6 Å². The Balaban J connectivity index is 2.67. The van der Waals surface area contributed by atoms with Crippen molar-refractivity contribution in [2.75, 3.05) is 5.32 Å². The van der Waals surface area contributed by atoms with Crippen LogP contribution in [0.1, 0.15) is 6.92 Å². The maximum Gasteiger partial charge on any atom is 0.221 e. The quantitative estimate of drug-likeness (QED) is 0.621. The van der Waals surface area contributed by atoms with Crippen LogP contribution in [0, 0.1) is 0 Å². The first-order chi connectivity index (χ1) is 4.79. The molecule has 0 saturated carbocycles. The second-order valence-electron chi connectivity index (χ2n) is 2.05. The van der Waals surface area contributed by atoms with Crippen LogP contribution in [-0.2, 0) is 4.79 Å². The SMILES string of the molecule is [11CH3]C(=O)Nc1ccccc1. The molecular weight excluding hydrogens is 125 g/mol. The van der Waals surface area contributed by atoms with Crippen molar-refractivity contribution in [2.45, 2.75) is 6.92 Å². The predicted molar refractivity (Wildman–Crippen MR) is 40.7 cm³/mol. The van der Waals surface area contributed by atoms with Gasteiger partial charge in [-0.05, 0) is 12.1 Å². The van der Waals surface area contributed by atoms with Gasteiger partial charge < -0.3 is 5.32 Å². The van der Waals surface area contributed by atoms with Gasteiger partial charge in [0.1, 0.15) is 0 Å². The van der Waals surface area contributed by atoms with Crippen LogP contribution in [0.2, 0.25) is 0 Å². The van der Waals surface area contributed by atoms with Gasteiger partial charge in [0.25, 0.3) is 0 Å². The van der Waals surface area contributed by atoms with E-state index in [4.69, 9.17) is 0 Å². The largest absolute Gasteiger partial charge is 0.326 e. The van der Waals surface area contributed by atoms with Crippen molar-refractivity contribution < 1.29 is 4.79 Å². The molecule has 0 aliphatic heterocycles. The first kappa shape index (κ1) is 6.81. The molecule has 0 aliphatic carbocycles. The zero-order chi connectivity index (χ0) is 7.40. The van der Waals surface area contributed by atoms with E-state index >= 15 is 0 Å². The van der Waals surface area contributed by atoms with E-state index in [9.17, 15) is 4.79 Å². The number of carbonyl (C=O) groups is 1. The highest BCUT2D eigenvalue weighted by Crippen LogP contribution is 2.03. The summed E-state index contributed by atoms with van der Waals surface area (Å²) >= 11 is 0. The average molecular weight is 134 g/mol. The van der Waals surface area contributed by atoms with E-state index in [1.54, 1.807) is 0 Å². The van der Waals surface area contributed by atoms with E-state index in [2.05, 4.69) is 5.32 Å². The van der Waals surface area contributed by atoms with E-state index in [1.165, 1.54) is 6.92 Å². The number of nitrogens with one attached hydrogen (secondary N) is 1. The molecule has 1 N–H and O–H groups in total. The fourth-order valence-corrected chi connectivity index (χ4v) is 0.725. The summed E-state index contributed by atoms with van der Waals surface area (Å²) in [6.07, 6.45) is 0. The van der Waals surface area contributed by atoms with Gasteiger partial charge in [-0.1, -0.05) is 18.2 Å². The zero-order valence-electron chi connectivity index (χ0n) is 5.79. The highest BCUT2D eigenvalue weighted by atomic mass is 16.1. The molecule has 2 nitrogen and oxygen atoms in total. The minimum Gasteiger partial charge on any atom is -0.326 e. The summed E-state index contributed by atoms with van der Waals surface area (Å²) in [6, 6.07) is 9.37.